The van der Waals surface area contributed by atoms with E-state index in [4.69, 9.17) is 9.47 Å². The molecule has 1 aromatic heterocycles. The van der Waals surface area contributed by atoms with Crippen molar-refractivity contribution < 1.29 is 9.47 Å². The van der Waals surface area contributed by atoms with Crippen molar-refractivity contribution in [1.82, 2.24) is 9.88 Å². The van der Waals surface area contributed by atoms with Crippen molar-refractivity contribution in [2.24, 2.45) is 0 Å². The van der Waals surface area contributed by atoms with Gasteiger partial charge in [0.15, 0.2) is 11.5 Å². The Morgan fingerprint density at radius 2 is 2.05 bits per heavy atom. The van der Waals surface area contributed by atoms with Crippen LogP contribution in [-0.2, 0) is 0 Å². The molecule has 1 aliphatic rings. The van der Waals surface area contributed by atoms with Crippen molar-refractivity contribution in [2.75, 3.05) is 39.3 Å². The van der Waals surface area contributed by atoms with Crippen molar-refractivity contribution in [3.8, 4) is 11.5 Å². The van der Waals surface area contributed by atoms with Crippen molar-refractivity contribution >= 4 is 16.6 Å². The SMILES string of the molecule is CN(C)CCCNc1nccc2cc3c(cc12)OCO3. The molecule has 0 atom stereocenters. The lowest BCUT2D eigenvalue weighted by molar-refractivity contribution is 0.174. The molecule has 0 aliphatic carbocycles. The minimum atomic E-state index is 0.296. The van der Waals surface area contributed by atoms with Crippen molar-refractivity contribution in [1.29, 1.82) is 0 Å². The van der Waals surface area contributed by atoms with Gasteiger partial charge in [-0.3, -0.25) is 0 Å². The Bertz CT molecular complexity index is 613. The maximum absolute atomic E-state index is 5.43. The smallest absolute Gasteiger partial charge is 0.231 e. The lowest BCUT2D eigenvalue weighted by Crippen LogP contribution is -2.16. The van der Waals surface area contributed by atoms with E-state index in [-0.39, 0.29) is 0 Å². The number of anilines is 1. The highest BCUT2D eigenvalue weighted by Crippen LogP contribution is 2.37. The molecule has 5 heteroatoms. The second kappa shape index (κ2) is 5.54. The van der Waals surface area contributed by atoms with E-state index >= 15 is 0 Å². The van der Waals surface area contributed by atoms with Crippen LogP contribution in [0.4, 0.5) is 5.82 Å². The van der Waals surface area contributed by atoms with Crippen LogP contribution in [0.15, 0.2) is 24.4 Å². The third-order valence-electron chi connectivity index (χ3n) is 3.33. The third kappa shape index (κ3) is 2.63. The molecule has 0 radical (unpaired) electrons. The summed E-state index contributed by atoms with van der Waals surface area (Å²) in [6.07, 6.45) is 2.90. The average Bonchev–Trinajstić information content (AvgIpc) is 2.88. The summed E-state index contributed by atoms with van der Waals surface area (Å²) in [5.41, 5.74) is 0. The van der Waals surface area contributed by atoms with Crippen LogP contribution in [0.3, 0.4) is 0 Å². The highest BCUT2D eigenvalue weighted by Gasteiger charge is 2.15. The monoisotopic (exact) mass is 273 g/mol. The minimum absolute atomic E-state index is 0.296. The van der Waals surface area contributed by atoms with Gasteiger partial charge in [-0.05, 0) is 50.6 Å². The van der Waals surface area contributed by atoms with Crippen LogP contribution in [-0.4, -0.2) is 43.9 Å². The van der Waals surface area contributed by atoms with Crippen LogP contribution >= 0.6 is 0 Å². The summed E-state index contributed by atoms with van der Waals surface area (Å²) in [7, 11) is 4.16. The van der Waals surface area contributed by atoms with Gasteiger partial charge in [-0.2, -0.15) is 0 Å². The van der Waals surface area contributed by atoms with Gasteiger partial charge < -0.3 is 19.7 Å². The van der Waals surface area contributed by atoms with Crippen LogP contribution < -0.4 is 14.8 Å². The summed E-state index contributed by atoms with van der Waals surface area (Å²) >= 11 is 0. The summed E-state index contributed by atoms with van der Waals surface area (Å²) in [5, 5.41) is 5.58. The van der Waals surface area contributed by atoms with E-state index in [1.807, 2.05) is 24.4 Å². The second-order valence-electron chi connectivity index (χ2n) is 5.17. The Balaban J connectivity index is 1.80. The van der Waals surface area contributed by atoms with Crippen molar-refractivity contribution in [2.45, 2.75) is 6.42 Å². The Morgan fingerprint density at radius 3 is 2.85 bits per heavy atom. The number of fused-ring (bicyclic) bond motifs is 2. The van der Waals surface area contributed by atoms with Gasteiger partial charge in [0.05, 0.1) is 0 Å². The molecule has 1 aromatic carbocycles. The van der Waals surface area contributed by atoms with Gasteiger partial charge in [-0.15, -0.1) is 0 Å². The van der Waals surface area contributed by atoms with Crippen LogP contribution in [0.1, 0.15) is 6.42 Å². The Labute approximate surface area is 118 Å². The number of rotatable bonds is 5. The first kappa shape index (κ1) is 13.0. The summed E-state index contributed by atoms with van der Waals surface area (Å²) < 4.78 is 10.8. The van der Waals surface area contributed by atoms with E-state index in [9.17, 15) is 0 Å². The first-order valence-electron chi connectivity index (χ1n) is 6.81. The average molecular weight is 273 g/mol. The van der Waals surface area contributed by atoms with Crippen molar-refractivity contribution in [3.05, 3.63) is 24.4 Å². The first-order chi connectivity index (χ1) is 9.74. The molecule has 106 valence electrons. The summed E-state index contributed by atoms with van der Waals surface area (Å²) in [6, 6.07) is 5.99. The zero-order valence-electron chi connectivity index (χ0n) is 11.8. The number of nitrogens with one attached hydrogen (secondary N) is 1. The van der Waals surface area contributed by atoms with E-state index in [1.165, 1.54) is 0 Å². The fourth-order valence-corrected chi connectivity index (χ4v) is 2.31. The molecule has 0 spiro atoms. The van der Waals surface area contributed by atoms with Crippen molar-refractivity contribution in [3.63, 3.8) is 0 Å². The molecule has 20 heavy (non-hydrogen) atoms. The molecule has 0 amide bonds. The van der Waals surface area contributed by atoms with E-state index in [1.54, 1.807) is 0 Å². The van der Waals surface area contributed by atoms with E-state index < -0.39 is 0 Å². The molecule has 2 aromatic rings. The predicted molar refractivity (Wildman–Crippen MR) is 79.5 cm³/mol. The Hall–Kier alpha value is -2.01. The first-order valence-corrected chi connectivity index (χ1v) is 6.81. The van der Waals surface area contributed by atoms with Crippen LogP contribution in [0.2, 0.25) is 0 Å². The highest BCUT2D eigenvalue weighted by molar-refractivity contribution is 5.94. The third-order valence-corrected chi connectivity index (χ3v) is 3.33. The van der Waals surface area contributed by atoms with Gasteiger partial charge in [0.1, 0.15) is 5.82 Å². The van der Waals surface area contributed by atoms with Gasteiger partial charge in [0, 0.05) is 18.1 Å². The number of ether oxygens (including phenoxy) is 2. The molecule has 5 nitrogen and oxygen atoms in total. The van der Waals surface area contributed by atoms with Gasteiger partial charge in [-0.1, -0.05) is 0 Å². The summed E-state index contributed by atoms with van der Waals surface area (Å²) in [6.45, 7) is 2.26. The molecule has 1 aliphatic heterocycles. The highest BCUT2D eigenvalue weighted by atomic mass is 16.7. The molecule has 0 unspecified atom stereocenters. The Kier molecular flexibility index (Phi) is 3.60. The minimum Gasteiger partial charge on any atom is -0.454 e. The van der Waals surface area contributed by atoms with Crippen LogP contribution in [0.25, 0.3) is 10.8 Å². The van der Waals surface area contributed by atoms with Crippen LogP contribution in [0, 0.1) is 0 Å². The largest absolute Gasteiger partial charge is 0.454 e. The number of nitrogens with zero attached hydrogens (tertiary/aromatic N) is 2. The predicted octanol–water partition coefficient (Wildman–Crippen LogP) is 2.33. The normalized spacial score (nSPS) is 13.2. The molecule has 0 saturated carbocycles. The zero-order valence-corrected chi connectivity index (χ0v) is 11.8. The van der Waals surface area contributed by atoms with E-state index in [2.05, 4.69) is 29.3 Å². The summed E-state index contributed by atoms with van der Waals surface area (Å²) in [4.78, 5) is 6.60. The molecule has 3 rings (SSSR count). The molecular formula is C15H19N3O2. The lowest BCUT2D eigenvalue weighted by Gasteiger charge is -2.12. The van der Waals surface area contributed by atoms with E-state index in [0.29, 0.717) is 6.79 Å². The van der Waals surface area contributed by atoms with Gasteiger partial charge in [0.25, 0.3) is 0 Å². The number of hydrogen-bond donors (Lipinski definition) is 1. The molecule has 2 heterocycles. The van der Waals surface area contributed by atoms with E-state index in [0.717, 1.165) is 47.6 Å². The van der Waals surface area contributed by atoms with Gasteiger partial charge in [-0.25, -0.2) is 4.98 Å². The number of benzene rings is 1. The standard InChI is InChI=1S/C15H19N3O2/c1-18(2)7-3-5-16-15-12-9-14-13(19-10-20-14)8-11(12)4-6-17-15/h4,6,8-9H,3,5,7,10H2,1-2H3,(H,16,17). The maximum Gasteiger partial charge on any atom is 0.231 e. The molecule has 0 bridgehead atoms. The quantitative estimate of drug-likeness (QED) is 0.847. The number of aromatic nitrogens is 1. The molecule has 0 saturated heterocycles. The zero-order chi connectivity index (χ0) is 13.9. The fourth-order valence-electron chi connectivity index (χ4n) is 2.31. The lowest BCUT2D eigenvalue weighted by atomic mass is 10.1. The fraction of sp³-hybridized carbons (Fsp3) is 0.400. The number of hydrogen-bond acceptors (Lipinski definition) is 5. The van der Waals surface area contributed by atoms with Gasteiger partial charge >= 0.3 is 0 Å². The summed E-state index contributed by atoms with van der Waals surface area (Å²) in [5.74, 6) is 2.50. The Morgan fingerprint density at radius 1 is 1.25 bits per heavy atom. The molecule has 1 N–H and O–H groups in total. The molecule has 0 fully saturated rings. The van der Waals surface area contributed by atoms with Crippen LogP contribution in [0.5, 0.6) is 11.5 Å². The van der Waals surface area contributed by atoms with Gasteiger partial charge in [0.2, 0.25) is 6.79 Å². The number of pyridine rings is 1. The molecular weight excluding hydrogens is 254 g/mol. The topological polar surface area (TPSA) is 46.6 Å². The maximum atomic E-state index is 5.43. The second-order valence-corrected chi connectivity index (χ2v) is 5.17.